The first-order valence-corrected chi connectivity index (χ1v) is 7.06. The Kier molecular flexibility index (Phi) is 3.16. The van der Waals surface area contributed by atoms with Gasteiger partial charge in [-0.2, -0.15) is 0 Å². The molecule has 0 aliphatic heterocycles. The van der Waals surface area contributed by atoms with Crippen LogP contribution in [-0.4, -0.2) is 29.0 Å². The SMILES string of the molecule is CC1(COCc2ccccc2)CC[C@@H](O)C12C[C@@H]2O. The predicted molar refractivity (Wildman–Crippen MR) is 72.5 cm³/mol. The molecule has 1 aromatic carbocycles. The zero-order chi connectivity index (χ0) is 13.5. The first kappa shape index (κ1) is 13.1. The normalized spacial score (nSPS) is 40.8. The van der Waals surface area contributed by atoms with Gasteiger partial charge in [-0.15, -0.1) is 0 Å². The topological polar surface area (TPSA) is 49.7 Å². The van der Waals surface area contributed by atoms with Crippen LogP contribution in [-0.2, 0) is 11.3 Å². The van der Waals surface area contributed by atoms with Crippen LogP contribution in [0.5, 0.6) is 0 Å². The Morgan fingerprint density at radius 1 is 1.21 bits per heavy atom. The van der Waals surface area contributed by atoms with E-state index in [4.69, 9.17) is 4.74 Å². The molecule has 3 rings (SSSR count). The molecule has 3 nitrogen and oxygen atoms in total. The van der Waals surface area contributed by atoms with E-state index in [0.29, 0.717) is 13.2 Å². The molecule has 2 aliphatic carbocycles. The monoisotopic (exact) mass is 262 g/mol. The quantitative estimate of drug-likeness (QED) is 0.874. The van der Waals surface area contributed by atoms with Crippen molar-refractivity contribution in [3.05, 3.63) is 35.9 Å². The number of aliphatic hydroxyl groups is 2. The number of hydrogen-bond donors (Lipinski definition) is 2. The minimum atomic E-state index is -0.368. The summed E-state index contributed by atoms with van der Waals surface area (Å²) in [7, 11) is 0. The van der Waals surface area contributed by atoms with Gasteiger partial charge in [0, 0.05) is 10.8 Å². The Bertz CT molecular complexity index is 447. The van der Waals surface area contributed by atoms with E-state index in [9.17, 15) is 10.2 Å². The summed E-state index contributed by atoms with van der Waals surface area (Å²) < 4.78 is 5.86. The van der Waals surface area contributed by atoms with Crippen molar-refractivity contribution in [2.45, 2.75) is 45.0 Å². The fourth-order valence-electron chi connectivity index (χ4n) is 3.79. The molecule has 4 atom stereocenters. The Morgan fingerprint density at radius 2 is 1.89 bits per heavy atom. The van der Waals surface area contributed by atoms with E-state index in [1.54, 1.807) is 0 Å². The van der Waals surface area contributed by atoms with Gasteiger partial charge < -0.3 is 14.9 Å². The first-order chi connectivity index (χ1) is 9.08. The standard InChI is InChI=1S/C16H22O3/c1-15(8-7-13(17)16(15)9-14(16)18)11-19-10-12-5-3-2-4-6-12/h2-6,13-14,17-18H,7-11H2,1H3/t13-,14+,15?,16?/m1/s1. The van der Waals surface area contributed by atoms with Crippen molar-refractivity contribution >= 4 is 0 Å². The van der Waals surface area contributed by atoms with E-state index < -0.39 is 0 Å². The molecule has 0 heterocycles. The van der Waals surface area contributed by atoms with Crippen molar-refractivity contribution in [2.75, 3.05) is 6.61 Å². The van der Waals surface area contributed by atoms with Crippen LogP contribution < -0.4 is 0 Å². The summed E-state index contributed by atoms with van der Waals surface area (Å²) in [6.07, 6.45) is 1.71. The second-order valence-corrected chi connectivity index (χ2v) is 6.35. The van der Waals surface area contributed by atoms with Gasteiger partial charge in [0.05, 0.1) is 25.4 Å². The third-order valence-electron chi connectivity index (χ3n) is 5.19. The van der Waals surface area contributed by atoms with Crippen LogP contribution in [0.1, 0.15) is 31.7 Å². The van der Waals surface area contributed by atoms with Crippen LogP contribution in [0, 0.1) is 10.8 Å². The van der Waals surface area contributed by atoms with E-state index in [2.05, 4.69) is 6.92 Å². The van der Waals surface area contributed by atoms with Crippen LogP contribution in [0.15, 0.2) is 30.3 Å². The van der Waals surface area contributed by atoms with Gasteiger partial charge in [0.1, 0.15) is 0 Å². The molecular weight excluding hydrogens is 240 g/mol. The average molecular weight is 262 g/mol. The summed E-state index contributed by atoms with van der Waals surface area (Å²) in [4.78, 5) is 0. The Balaban J connectivity index is 1.61. The second kappa shape index (κ2) is 4.58. The van der Waals surface area contributed by atoms with E-state index in [0.717, 1.165) is 24.8 Å². The number of ether oxygens (including phenoxy) is 1. The summed E-state index contributed by atoms with van der Waals surface area (Å²) in [6, 6.07) is 10.1. The highest BCUT2D eigenvalue weighted by atomic mass is 16.5. The molecule has 0 amide bonds. The fourth-order valence-corrected chi connectivity index (χ4v) is 3.79. The molecule has 2 fully saturated rings. The van der Waals surface area contributed by atoms with E-state index in [1.165, 1.54) is 0 Å². The van der Waals surface area contributed by atoms with Gasteiger partial charge in [-0.05, 0) is 24.8 Å². The fraction of sp³-hybridized carbons (Fsp3) is 0.625. The maximum absolute atomic E-state index is 10.1. The van der Waals surface area contributed by atoms with Crippen LogP contribution in [0.25, 0.3) is 0 Å². The molecule has 0 radical (unpaired) electrons. The highest BCUT2D eigenvalue weighted by molar-refractivity contribution is 5.20. The van der Waals surface area contributed by atoms with Gasteiger partial charge in [0.25, 0.3) is 0 Å². The van der Waals surface area contributed by atoms with Crippen molar-refractivity contribution in [1.29, 1.82) is 0 Å². The maximum Gasteiger partial charge on any atom is 0.0717 e. The van der Waals surface area contributed by atoms with E-state index >= 15 is 0 Å². The van der Waals surface area contributed by atoms with Crippen LogP contribution in [0.4, 0.5) is 0 Å². The molecule has 0 aromatic heterocycles. The molecule has 2 unspecified atom stereocenters. The lowest BCUT2D eigenvalue weighted by atomic mass is 9.76. The number of rotatable bonds is 4. The number of hydrogen-bond acceptors (Lipinski definition) is 3. The Hall–Kier alpha value is -0.900. The van der Waals surface area contributed by atoms with Crippen LogP contribution >= 0.6 is 0 Å². The van der Waals surface area contributed by atoms with Gasteiger partial charge in [-0.1, -0.05) is 37.3 Å². The average Bonchev–Trinajstić information content (AvgIpc) is 3.04. The summed E-state index contributed by atoms with van der Waals surface area (Å²) in [5.41, 5.74) is 0.764. The van der Waals surface area contributed by atoms with Gasteiger partial charge in [0.2, 0.25) is 0 Å². The highest BCUT2D eigenvalue weighted by Crippen LogP contribution is 2.67. The summed E-state index contributed by atoms with van der Waals surface area (Å²) in [5, 5.41) is 20.1. The summed E-state index contributed by atoms with van der Waals surface area (Å²) in [6.45, 7) is 3.35. The Labute approximate surface area is 114 Å². The molecule has 2 N–H and O–H groups in total. The third-order valence-corrected chi connectivity index (χ3v) is 5.19. The van der Waals surface area contributed by atoms with Crippen molar-refractivity contribution in [2.24, 2.45) is 10.8 Å². The smallest absolute Gasteiger partial charge is 0.0717 e. The second-order valence-electron chi connectivity index (χ2n) is 6.35. The molecule has 104 valence electrons. The molecule has 0 saturated heterocycles. The summed E-state index contributed by atoms with van der Waals surface area (Å²) in [5.74, 6) is 0. The zero-order valence-electron chi connectivity index (χ0n) is 11.4. The molecule has 19 heavy (non-hydrogen) atoms. The lowest BCUT2D eigenvalue weighted by Crippen LogP contribution is -2.36. The van der Waals surface area contributed by atoms with E-state index in [-0.39, 0.29) is 23.0 Å². The zero-order valence-corrected chi connectivity index (χ0v) is 11.4. The minimum absolute atomic E-state index is 0.0966. The molecule has 0 bridgehead atoms. The van der Waals surface area contributed by atoms with Crippen molar-refractivity contribution in [3.63, 3.8) is 0 Å². The van der Waals surface area contributed by atoms with Gasteiger partial charge in [-0.3, -0.25) is 0 Å². The first-order valence-electron chi connectivity index (χ1n) is 7.06. The molecule has 3 heteroatoms. The van der Waals surface area contributed by atoms with Crippen LogP contribution in [0.2, 0.25) is 0 Å². The van der Waals surface area contributed by atoms with Crippen molar-refractivity contribution < 1.29 is 14.9 Å². The number of benzene rings is 1. The molecule has 1 spiro atoms. The largest absolute Gasteiger partial charge is 0.392 e. The predicted octanol–water partition coefficient (Wildman–Crippen LogP) is 2.12. The third kappa shape index (κ3) is 2.00. The molecule has 1 aromatic rings. The van der Waals surface area contributed by atoms with Gasteiger partial charge >= 0.3 is 0 Å². The van der Waals surface area contributed by atoms with Gasteiger partial charge in [0.15, 0.2) is 0 Å². The van der Waals surface area contributed by atoms with Crippen molar-refractivity contribution in [1.82, 2.24) is 0 Å². The van der Waals surface area contributed by atoms with E-state index in [1.807, 2.05) is 30.3 Å². The Morgan fingerprint density at radius 3 is 2.53 bits per heavy atom. The molecule has 2 aliphatic rings. The maximum atomic E-state index is 10.1. The molecule has 2 saturated carbocycles. The minimum Gasteiger partial charge on any atom is -0.392 e. The van der Waals surface area contributed by atoms with Crippen molar-refractivity contribution in [3.8, 4) is 0 Å². The lowest BCUT2D eigenvalue weighted by molar-refractivity contribution is -0.0322. The highest BCUT2D eigenvalue weighted by Gasteiger charge is 2.70. The van der Waals surface area contributed by atoms with Crippen LogP contribution in [0.3, 0.4) is 0 Å². The lowest BCUT2D eigenvalue weighted by Gasteiger charge is -2.33. The molecular formula is C16H22O3. The number of aliphatic hydroxyl groups excluding tert-OH is 2. The van der Waals surface area contributed by atoms with Gasteiger partial charge in [-0.25, -0.2) is 0 Å². The summed E-state index contributed by atoms with van der Waals surface area (Å²) >= 11 is 0.